The molecule has 60 heavy (non-hydrogen) atoms. The lowest BCUT2D eigenvalue weighted by Gasteiger charge is -2.27. The molecule has 2 aromatic heterocycles. The Kier molecular flexibility index (Phi) is 11.2. The number of fused-ring (bicyclic) bond motifs is 2. The monoisotopic (exact) mass is 834 g/mol. The molecule has 0 radical (unpaired) electrons. The van der Waals surface area contributed by atoms with Gasteiger partial charge in [-0.05, 0) is 67.3 Å². The number of ether oxygens (including phenoxy) is 2. The maximum Gasteiger partial charge on any atom is 0.276 e. The molecule has 308 valence electrons. The zero-order chi connectivity index (χ0) is 42.1. The van der Waals surface area contributed by atoms with Gasteiger partial charge in [-0.3, -0.25) is 39.0 Å². The van der Waals surface area contributed by atoms with Crippen LogP contribution >= 0.6 is 11.3 Å². The third-order valence-electron chi connectivity index (χ3n) is 10.4. The highest BCUT2D eigenvalue weighted by Gasteiger charge is 2.45. The van der Waals surface area contributed by atoms with Crippen molar-refractivity contribution in [2.24, 2.45) is 7.05 Å². The normalized spacial score (nSPS) is 15.9. The molecule has 3 aliphatic heterocycles. The number of benzene rings is 3. The fourth-order valence-corrected chi connectivity index (χ4v) is 8.38. The van der Waals surface area contributed by atoms with Crippen molar-refractivity contribution in [3.05, 3.63) is 106 Å². The standard InChI is InChI=1S/C42H39FN8O8S/c1-23-37(26-7-9-30-25(20-26)12-14-50(30)40(56)32-21-44-22-49(32)2)48-42(60-23)47-35(53)19-24-6-8-28(43)33(18-24)59-17-16-58-15-13-45-29-5-3-4-27-36(29)41(57)51(39(27)55)31-10-11-34(52)46-38(31)54/h3-9,18,20-22,31,45H,10-17,19H2,1-2H3,(H,46,52,54)(H,47,48,53). The summed E-state index contributed by atoms with van der Waals surface area (Å²) >= 11 is 1.35. The third-order valence-corrected chi connectivity index (χ3v) is 11.3. The molecule has 6 amide bonds. The van der Waals surface area contributed by atoms with E-state index in [1.807, 2.05) is 25.1 Å². The molecule has 1 saturated heterocycles. The van der Waals surface area contributed by atoms with Gasteiger partial charge in [-0.15, -0.1) is 11.3 Å². The molecule has 16 nitrogen and oxygen atoms in total. The van der Waals surface area contributed by atoms with Gasteiger partial charge in [0.1, 0.15) is 18.3 Å². The second kappa shape index (κ2) is 16.8. The summed E-state index contributed by atoms with van der Waals surface area (Å²) in [7, 11) is 1.79. The largest absolute Gasteiger partial charge is 0.488 e. The number of nitrogens with zero attached hydrogens (tertiary/aromatic N) is 5. The van der Waals surface area contributed by atoms with Crippen LogP contribution in [0.15, 0.2) is 67.1 Å². The van der Waals surface area contributed by atoms with Crippen molar-refractivity contribution in [1.29, 1.82) is 0 Å². The summed E-state index contributed by atoms with van der Waals surface area (Å²) in [6.45, 7) is 3.06. The van der Waals surface area contributed by atoms with Gasteiger partial charge in [0.2, 0.25) is 17.7 Å². The van der Waals surface area contributed by atoms with Gasteiger partial charge < -0.3 is 29.6 Å². The lowest BCUT2D eigenvalue weighted by atomic mass is 10.0. The van der Waals surface area contributed by atoms with E-state index in [2.05, 4.69) is 20.9 Å². The molecule has 5 heterocycles. The third kappa shape index (κ3) is 7.98. The fraction of sp³-hybridized carbons (Fsp3) is 0.286. The maximum absolute atomic E-state index is 14.7. The van der Waals surface area contributed by atoms with Gasteiger partial charge in [-0.1, -0.05) is 18.2 Å². The number of nitrogens with one attached hydrogen (secondary N) is 3. The molecule has 0 saturated carbocycles. The lowest BCUT2D eigenvalue weighted by molar-refractivity contribution is -0.136. The van der Waals surface area contributed by atoms with Gasteiger partial charge >= 0.3 is 0 Å². The molecule has 18 heteroatoms. The van der Waals surface area contributed by atoms with Crippen LogP contribution in [0, 0.1) is 12.7 Å². The Balaban J connectivity index is 0.797. The highest BCUT2D eigenvalue weighted by Crippen LogP contribution is 2.37. The Morgan fingerprint density at radius 3 is 2.67 bits per heavy atom. The summed E-state index contributed by atoms with van der Waals surface area (Å²) in [5.74, 6) is -3.41. The van der Waals surface area contributed by atoms with Gasteiger partial charge in [0, 0.05) is 48.4 Å². The van der Waals surface area contributed by atoms with Gasteiger partial charge in [-0.25, -0.2) is 14.4 Å². The van der Waals surface area contributed by atoms with Crippen molar-refractivity contribution in [3.8, 4) is 17.0 Å². The number of anilines is 3. The number of imide groups is 2. The van der Waals surface area contributed by atoms with Gasteiger partial charge in [0.15, 0.2) is 16.7 Å². The van der Waals surface area contributed by atoms with E-state index < -0.39 is 35.5 Å². The first-order chi connectivity index (χ1) is 29.0. The predicted molar refractivity (Wildman–Crippen MR) is 218 cm³/mol. The Hall–Kier alpha value is -6.79. The molecule has 1 unspecified atom stereocenters. The average Bonchev–Trinajstić information content (AvgIpc) is 4.00. The molecular weight excluding hydrogens is 796 g/mol. The van der Waals surface area contributed by atoms with Crippen LogP contribution in [0.5, 0.6) is 5.75 Å². The summed E-state index contributed by atoms with van der Waals surface area (Å²) in [5.41, 5.74) is 5.25. The summed E-state index contributed by atoms with van der Waals surface area (Å²) in [6, 6.07) is 13.8. The van der Waals surface area contributed by atoms with Gasteiger partial charge in [0.05, 0.1) is 49.0 Å². The first kappa shape index (κ1) is 40.0. The molecule has 3 N–H and O–H groups in total. The minimum absolute atomic E-state index is 0.0177. The SMILES string of the molecule is Cc1sc(NC(=O)Cc2ccc(F)c(OCCOCCNc3cccc4c3C(=O)N(C3CCC(=O)NC3=O)C4=O)c2)nc1-c1ccc2c(c1)CCN2C(=O)c1cncn1C. The molecule has 1 fully saturated rings. The quantitative estimate of drug-likeness (QED) is 0.107. The highest BCUT2D eigenvalue weighted by molar-refractivity contribution is 7.16. The van der Waals surface area contributed by atoms with Crippen molar-refractivity contribution < 1.29 is 42.6 Å². The molecule has 3 aromatic carbocycles. The minimum Gasteiger partial charge on any atom is -0.488 e. The molecule has 1 atom stereocenters. The van der Waals surface area contributed by atoms with Crippen LogP contribution in [-0.4, -0.2) is 93.8 Å². The maximum atomic E-state index is 14.7. The number of carbonyl (C=O) groups is 6. The molecule has 3 aliphatic rings. The summed E-state index contributed by atoms with van der Waals surface area (Å²) in [5, 5.41) is 8.56. The number of aromatic nitrogens is 3. The number of piperidine rings is 1. The van der Waals surface area contributed by atoms with E-state index in [0.717, 1.165) is 32.3 Å². The van der Waals surface area contributed by atoms with Crippen molar-refractivity contribution in [3.63, 3.8) is 0 Å². The van der Waals surface area contributed by atoms with Crippen LogP contribution in [0.25, 0.3) is 11.3 Å². The lowest BCUT2D eigenvalue weighted by Crippen LogP contribution is -2.54. The number of hydrogen-bond donors (Lipinski definition) is 3. The van der Waals surface area contributed by atoms with Crippen molar-refractivity contribution >= 4 is 63.3 Å². The fourth-order valence-electron chi connectivity index (χ4n) is 7.53. The molecular formula is C42H39FN8O8S. The van der Waals surface area contributed by atoms with Crippen LogP contribution in [0.1, 0.15) is 60.1 Å². The van der Waals surface area contributed by atoms with E-state index in [-0.39, 0.29) is 74.3 Å². The highest BCUT2D eigenvalue weighted by atomic mass is 32.1. The number of imidazole rings is 1. The number of halogens is 1. The number of rotatable bonds is 14. The van der Waals surface area contributed by atoms with Gasteiger partial charge in [0.25, 0.3) is 17.7 Å². The number of amides is 6. The smallest absolute Gasteiger partial charge is 0.276 e. The summed E-state index contributed by atoms with van der Waals surface area (Å²) in [6.07, 6.45) is 3.91. The second-order valence-corrected chi connectivity index (χ2v) is 15.6. The van der Waals surface area contributed by atoms with E-state index in [1.165, 1.54) is 35.6 Å². The Bertz CT molecular complexity index is 2570. The molecule has 0 spiro atoms. The molecule has 8 rings (SSSR count). The number of aryl methyl sites for hydroxylation is 2. The molecule has 5 aromatic rings. The van der Waals surface area contributed by atoms with E-state index in [4.69, 9.17) is 14.5 Å². The first-order valence-electron chi connectivity index (χ1n) is 19.2. The Morgan fingerprint density at radius 2 is 1.87 bits per heavy atom. The van der Waals surface area contributed by atoms with Crippen LogP contribution < -0.4 is 25.6 Å². The van der Waals surface area contributed by atoms with Crippen LogP contribution in [0.4, 0.5) is 20.9 Å². The second-order valence-electron chi connectivity index (χ2n) is 14.4. The Labute approximate surface area is 346 Å². The minimum atomic E-state index is -1.06. The van der Waals surface area contributed by atoms with Crippen molar-refractivity contribution in [1.82, 2.24) is 24.8 Å². The van der Waals surface area contributed by atoms with E-state index in [9.17, 15) is 33.2 Å². The van der Waals surface area contributed by atoms with Crippen molar-refractivity contribution in [2.75, 3.05) is 48.4 Å². The van der Waals surface area contributed by atoms with Crippen molar-refractivity contribution in [2.45, 2.75) is 38.6 Å². The van der Waals surface area contributed by atoms with Crippen LogP contribution in [0.3, 0.4) is 0 Å². The number of thiazole rings is 1. The van der Waals surface area contributed by atoms with E-state index in [1.54, 1.807) is 41.2 Å². The predicted octanol–water partition coefficient (Wildman–Crippen LogP) is 4.28. The van der Waals surface area contributed by atoms with E-state index >= 15 is 0 Å². The summed E-state index contributed by atoms with van der Waals surface area (Å²) < 4.78 is 27.6. The summed E-state index contributed by atoms with van der Waals surface area (Å²) in [4.78, 5) is 88.9. The number of carbonyl (C=O) groups excluding carboxylic acids is 6. The molecule has 0 aliphatic carbocycles. The first-order valence-corrected chi connectivity index (χ1v) is 20.0. The topological polar surface area (TPSA) is 194 Å². The van der Waals surface area contributed by atoms with Gasteiger partial charge in [-0.2, -0.15) is 0 Å². The van der Waals surface area contributed by atoms with Crippen LogP contribution in [0.2, 0.25) is 0 Å². The zero-order valence-electron chi connectivity index (χ0n) is 32.6. The van der Waals surface area contributed by atoms with E-state index in [0.29, 0.717) is 35.0 Å². The number of hydrogen-bond acceptors (Lipinski definition) is 12. The zero-order valence-corrected chi connectivity index (χ0v) is 33.4. The Morgan fingerprint density at radius 1 is 1.02 bits per heavy atom. The van der Waals surface area contributed by atoms with Crippen LogP contribution in [-0.2, 0) is 39.0 Å². The average molecular weight is 835 g/mol. The molecule has 0 bridgehead atoms.